The lowest BCUT2D eigenvalue weighted by molar-refractivity contribution is 0.102. The lowest BCUT2D eigenvalue weighted by Gasteiger charge is -2.39. The average molecular weight is 384 g/mol. The number of anilines is 2. The number of rotatable bonds is 5. The maximum absolute atomic E-state index is 13.3. The zero-order valence-electron chi connectivity index (χ0n) is 14.6. The Bertz CT molecular complexity index is 941. The van der Waals surface area contributed by atoms with Crippen molar-refractivity contribution in [3.63, 3.8) is 0 Å². The fourth-order valence-corrected chi connectivity index (χ4v) is 3.30. The van der Waals surface area contributed by atoms with E-state index in [0.29, 0.717) is 24.7 Å². The van der Waals surface area contributed by atoms with E-state index in [1.165, 1.54) is 29.7 Å². The van der Waals surface area contributed by atoms with Gasteiger partial charge in [-0.05, 0) is 30.0 Å². The minimum absolute atomic E-state index is 0.0335. The van der Waals surface area contributed by atoms with Crippen molar-refractivity contribution in [3.05, 3.63) is 64.5 Å². The Labute approximate surface area is 159 Å². The summed E-state index contributed by atoms with van der Waals surface area (Å²) in [4.78, 5) is 22.6. The van der Waals surface area contributed by atoms with Crippen molar-refractivity contribution in [2.24, 2.45) is 0 Å². The van der Waals surface area contributed by atoms with E-state index in [2.05, 4.69) is 15.3 Å². The highest BCUT2D eigenvalue weighted by Gasteiger charge is 2.30. The van der Waals surface area contributed by atoms with Crippen LogP contribution in [0.4, 0.5) is 15.9 Å². The molecule has 1 fully saturated rings. The number of hydrogen-bond acceptors (Lipinski definition) is 6. The van der Waals surface area contributed by atoms with Gasteiger partial charge in [0.15, 0.2) is 0 Å². The molecule has 0 atom stereocenters. The third-order valence-electron chi connectivity index (χ3n) is 4.27. The number of thiophene rings is 1. The molecule has 2 aromatic heterocycles. The van der Waals surface area contributed by atoms with Crippen LogP contribution in [0.5, 0.6) is 5.75 Å². The number of halogens is 1. The van der Waals surface area contributed by atoms with Crippen molar-refractivity contribution in [2.75, 3.05) is 23.3 Å². The van der Waals surface area contributed by atoms with Gasteiger partial charge in [0.2, 0.25) is 0 Å². The molecule has 27 heavy (non-hydrogen) atoms. The van der Waals surface area contributed by atoms with Crippen LogP contribution in [-0.4, -0.2) is 35.1 Å². The quantitative estimate of drug-likeness (QED) is 0.729. The first-order valence-electron chi connectivity index (χ1n) is 8.42. The molecule has 6 nitrogen and oxygen atoms in total. The molecule has 0 radical (unpaired) electrons. The van der Waals surface area contributed by atoms with Crippen molar-refractivity contribution >= 4 is 28.7 Å². The van der Waals surface area contributed by atoms with Crippen LogP contribution >= 0.6 is 11.3 Å². The van der Waals surface area contributed by atoms with Crippen LogP contribution < -0.4 is 15.0 Å². The second-order valence-corrected chi connectivity index (χ2v) is 7.06. The minimum Gasteiger partial charge on any atom is -0.486 e. The number of amides is 1. The topological polar surface area (TPSA) is 67.3 Å². The number of ether oxygens (including phenoxy) is 1. The van der Waals surface area contributed by atoms with Gasteiger partial charge < -0.3 is 15.0 Å². The van der Waals surface area contributed by atoms with Gasteiger partial charge in [0.05, 0.1) is 31.2 Å². The molecular weight excluding hydrogens is 367 g/mol. The fourth-order valence-electron chi connectivity index (χ4n) is 2.71. The van der Waals surface area contributed by atoms with E-state index in [1.54, 1.807) is 12.3 Å². The fraction of sp³-hybridized carbons (Fsp3) is 0.211. The largest absolute Gasteiger partial charge is 0.486 e. The molecule has 4 rings (SSSR count). The Balaban J connectivity index is 1.33. The Morgan fingerprint density at radius 2 is 2.15 bits per heavy atom. The molecule has 3 heterocycles. The Hall–Kier alpha value is -3.00. The van der Waals surface area contributed by atoms with Crippen LogP contribution in [-0.2, 0) is 0 Å². The van der Waals surface area contributed by atoms with Gasteiger partial charge in [-0.3, -0.25) is 4.79 Å². The molecule has 1 aliphatic rings. The van der Waals surface area contributed by atoms with Gasteiger partial charge in [0, 0.05) is 11.4 Å². The molecule has 1 aromatic carbocycles. The molecule has 8 heteroatoms. The van der Waals surface area contributed by atoms with Gasteiger partial charge in [-0.25, -0.2) is 14.4 Å². The molecular formula is C19H17FN4O2S. The van der Waals surface area contributed by atoms with E-state index >= 15 is 0 Å². The van der Waals surface area contributed by atoms with Crippen molar-refractivity contribution in [1.29, 1.82) is 0 Å². The summed E-state index contributed by atoms with van der Waals surface area (Å²) in [6.07, 6.45) is 3.00. The predicted octanol–water partition coefficient (Wildman–Crippen LogP) is 3.51. The summed E-state index contributed by atoms with van der Waals surface area (Å²) < 4.78 is 19.2. The maximum Gasteiger partial charge on any atom is 0.275 e. The van der Waals surface area contributed by atoms with E-state index < -0.39 is 0 Å². The first-order chi connectivity index (χ1) is 13.1. The summed E-state index contributed by atoms with van der Waals surface area (Å²) in [6, 6.07) is 6.34. The Morgan fingerprint density at radius 3 is 2.85 bits per heavy atom. The van der Waals surface area contributed by atoms with Crippen LogP contribution in [0.3, 0.4) is 0 Å². The molecule has 3 aromatic rings. The third-order valence-corrected chi connectivity index (χ3v) is 4.95. The summed E-state index contributed by atoms with van der Waals surface area (Å²) >= 11 is 1.51. The number of hydrogen-bond donors (Lipinski definition) is 1. The molecule has 1 saturated heterocycles. The van der Waals surface area contributed by atoms with Crippen molar-refractivity contribution in [3.8, 4) is 5.75 Å². The first kappa shape index (κ1) is 17.4. The number of benzene rings is 1. The standard InChI is InChI=1S/C19H17FN4O2S/c1-12-2-3-13(20)6-17(12)26-15-9-24(10-15)18-8-21-16(7-22-18)19(25)23-14-4-5-27-11-14/h2-8,11,15H,9-10H2,1H3,(H,23,25). The summed E-state index contributed by atoms with van der Waals surface area (Å²) in [5, 5.41) is 6.50. The van der Waals surface area contributed by atoms with Crippen LogP contribution in [0, 0.1) is 12.7 Å². The second kappa shape index (κ2) is 7.32. The monoisotopic (exact) mass is 384 g/mol. The number of carbonyl (C=O) groups excluding carboxylic acids is 1. The van der Waals surface area contributed by atoms with Crippen LogP contribution in [0.2, 0.25) is 0 Å². The SMILES string of the molecule is Cc1ccc(F)cc1OC1CN(c2cnc(C(=O)Nc3ccsc3)cn2)C1. The average Bonchev–Trinajstić information content (AvgIpc) is 3.14. The summed E-state index contributed by atoms with van der Waals surface area (Å²) in [5.74, 6) is 0.636. The van der Waals surface area contributed by atoms with Crippen molar-refractivity contribution < 1.29 is 13.9 Å². The van der Waals surface area contributed by atoms with Crippen molar-refractivity contribution in [1.82, 2.24) is 9.97 Å². The lowest BCUT2D eigenvalue weighted by atomic mass is 10.1. The highest BCUT2D eigenvalue weighted by Crippen LogP contribution is 2.25. The van der Waals surface area contributed by atoms with E-state index in [0.717, 1.165) is 11.3 Å². The number of aryl methyl sites for hydroxylation is 1. The molecule has 0 spiro atoms. The van der Waals surface area contributed by atoms with Crippen LogP contribution in [0.25, 0.3) is 0 Å². The van der Waals surface area contributed by atoms with E-state index in [-0.39, 0.29) is 23.5 Å². The minimum atomic E-state index is -0.311. The zero-order chi connectivity index (χ0) is 18.8. The second-order valence-electron chi connectivity index (χ2n) is 6.28. The highest BCUT2D eigenvalue weighted by atomic mass is 32.1. The van der Waals surface area contributed by atoms with Gasteiger partial charge >= 0.3 is 0 Å². The van der Waals surface area contributed by atoms with Crippen molar-refractivity contribution in [2.45, 2.75) is 13.0 Å². The molecule has 0 unspecified atom stereocenters. The lowest BCUT2D eigenvalue weighted by Crippen LogP contribution is -2.54. The third kappa shape index (κ3) is 3.90. The molecule has 0 aliphatic carbocycles. The van der Waals surface area contributed by atoms with Gasteiger partial charge in [-0.15, -0.1) is 0 Å². The van der Waals surface area contributed by atoms with E-state index in [4.69, 9.17) is 4.74 Å². The summed E-state index contributed by atoms with van der Waals surface area (Å²) in [5.41, 5.74) is 1.90. The van der Waals surface area contributed by atoms with Crippen LogP contribution in [0.1, 0.15) is 16.1 Å². The summed E-state index contributed by atoms with van der Waals surface area (Å²) in [6.45, 7) is 3.15. The Kier molecular flexibility index (Phi) is 4.72. The number of nitrogens with one attached hydrogen (secondary N) is 1. The van der Waals surface area contributed by atoms with Gasteiger partial charge in [-0.2, -0.15) is 11.3 Å². The highest BCUT2D eigenvalue weighted by molar-refractivity contribution is 7.08. The first-order valence-corrected chi connectivity index (χ1v) is 9.36. The number of nitrogens with zero attached hydrogens (tertiary/aromatic N) is 3. The van der Waals surface area contributed by atoms with Crippen LogP contribution in [0.15, 0.2) is 47.4 Å². The molecule has 0 bridgehead atoms. The number of carbonyl (C=O) groups is 1. The van der Waals surface area contributed by atoms with Gasteiger partial charge in [0.1, 0.15) is 29.2 Å². The molecule has 138 valence electrons. The zero-order valence-corrected chi connectivity index (χ0v) is 15.4. The molecule has 1 amide bonds. The van der Waals surface area contributed by atoms with E-state index in [9.17, 15) is 9.18 Å². The predicted molar refractivity (Wildman–Crippen MR) is 102 cm³/mol. The molecule has 1 aliphatic heterocycles. The van der Waals surface area contributed by atoms with Gasteiger partial charge in [-0.1, -0.05) is 6.07 Å². The Morgan fingerprint density at radius 1 is 1.30 bits per heavy atom. The summed E-state index contributed by atoms with van der Waals surface area (Å²) in [7, 11) is 0. The van der Waals surface area contributed by atoms with Gasteiger partial charge in [0.25, 0.3) is 5.91 Å². The maximum atomic E-state index is 13.3. The normalized spacial score (nSPS) is 13.9. The number of aromatic nitrogens is 2. The smallest absolute Gasteiger partial charge is 0.275 e. The molecule has 1 N–H and O–H groups in total. The molecule has 0 saturated carbocycles. The van der Waals surface area contributed by atoms with E-state index in [1.807, 2.05) is 28.7 Å².